The first-order valence-corrected chi connectivity index (χ1v) is 21.9. The quantitative estimate of drug-likeness (QED) is 0.0195. The summed E-state index contributed by atoms with van der Waals surface area (Å²) in [5.74, 6) is -2.06. The second-order valence-corrected chi connectivity index (χ2v) is 17.1. The lowest BCUT2D eigenvalue weighted by Gasteiger charge is -2.07. The molecule has 0 saturated heterocycles. The van der Waals surface area contributed by atoms with E-state index in [0.29, 0.717) is 11.4 Å². The number of carboxylic acid groups (broad SMARTS) is 1. The molecule has 0 aliphatic rings. The molecule has 22 nitrogen and oxygen atoms in total. The third-order valence-electron chi connectivity index (χ3n) is 8.41. The van der Waals surface area contributed by atoms with Gasteiger partial charge in [0.15, 0.2) is 0 Å². The maximum absolute atomic E-state index is 12.9. The largest absolute Gasteiger partial charge is 0.594 e. The third-order valence-corrected chi connectivity index (χ3v) is 11.1. The molecular weight excluding hydrogens is 901 g/mol. The summed E-state index contributed by atoms with van der Waals surface area (Å²) in [4.78, 5) is 9.12. The first-order valence-electron chi connectivity index (χ1n) is 17.6. The van der Waals surface area contributed by atoms with Gasteiger partial charge in [0.25, 0.3) is 30.4 Å². The van der Waals surface area contributed by atoms with Gasteiger partial charge in [-0.1, -0.05) is 23.1 Å². The molecule has 0 fully saturated rings. The molecule has 6 aromatic rings. The van der Waals surface area contributed by atoms with Crippen LogP contribution < -0.4 is 0 Å². The topological polar surface area (TPSA) is 353 Å². The van der Waals surface area contributed by atoms with Crippen LogP contribution in [0.4, 0.5) is 45.5 Å². The molecule has 0 aromatic heterocycles. The molecule has 0 heterocycles. The molecule has 6 N–H and O–H groups in total. The molecule has 0 saturated carbocycles. The average molecular weight is 929 g/mol. The molecule has 64 heavy (non-hydrogen) atoms. The zero-order valence-electron chi connectivity index (χ0n) is 32.0. The van der Waals surface area contributed by atoms with Crippen LogP contribution in [0.5, 0.6) is 11.5 Å². The summed E-state index contributed by atoms with van der Waals surface area (Å²) >= 11 is 0. The predicted molar refractivity (Wildman–Crippen MR) is 225 cm³/mol. The Morgan fingerprint density at radius 3 is 1.55 bits per heavy atom. The average Bonchev–Trinajstić information content (AvgIpc) is 3.24. The molecular formula is C39H28N8O14S3. The van der Waals surface area contributed by atoms with Gasteiger partial charge in [-0.25, -0.2) is 4.79 Å². The maximum Gasteiger partial charge on any atom is 0.335 e. The van der Waals surface area contributed by atoms with Gasteiger partial charge in [0.1, 0.15) is 38.4 Å². The van der Waals surface area contributed by atoms with E-state index in [2.05, 4.69) is 35.8 Å². The number of phenolic OH excluding ortho intramolecular Hbond substituents is 2. The minimum Gasteiger partial charge on any atom is -0.594 e. The van der Waals surface area contributed by atoms with Crippen molar-refractivity contribution >= 4 is 94.0 Å². The molecule has 326 valence electrons. The summed E-state index contributed by atoms with van der Waals surface area (Å²) in [6.07, 6.45) is 2.22. The van der Waals surface area contributed by atoms with Gasteiger partial charge < -0.3 is 20.5 Å². The standard InChI is InChI=1S/C39H28N8O14S3/c48-35-18-16-32(62(53,54)55)22-34(35)45-44-33-17-14-29(19-36(33)49)42-43-30-9-3-23(37(20-30)63(56,57)58)1-2-24-6-15-31(21-38(24)64(59,60)61)47(52)46-28-12-10-27(11-13-28)41-40-26-7-4-25(5-8-26)39(50)51/h1-22,48-49H,(H,50,51)(H,53,54,55)(H,56,57,58)(H,59,60,61)/b2-1+,41-40?,43-42?,45-44?,47-46?. The molecule has 0 bridgehead atoms. The number of rotatable bonds is 14. The van der Waals surface area contributed by atoms with E-state index < -0.39 is 62.5 Å². The summed E-state index contributed by atoms with van der Waals surface area (Å²) in [6, 6.07) is 24.4. The number of hydrogen-bond donors (Lipinski definition) is 6. The number of carboxylic acids is 1. The molecule has 6 rings (SSSR count). The van der Waals surface area contributed by atoms with Crippen LogP contribution in [0.3, 0.4) is 0 Å². The zero-order valence-corrected chi connectivity index (χ0v) is 34.4. The number of aromatic carboxylic acids is 1. The van der Waals surface area contributed by atoms with Gasteiger partial charge >= 0.3 is 5.97 Å². The van der Waals surface area contributed by atoms with Crippen LogP contribution in [0.25, 0.3) is 12.2 Å². The summed E-state index contributed by atoms with van der Waals surface area (Å²) in [6.45, 7) is 0. The SMILES string of the molecule is O=C(O)c1ccc(N=Nc2ccc(N=[N+]([O-])c3ccc(/C=C/c4ccc(N=Nc5ccc(N=Nc6cc(S(=O)(=O)O)ccc6O)c(O)c5)cc4S(=O)(=O)O)c(S(=O)(=O)O)c3)cc2)cc1. The number of azo groups is 4. The molecule has 25 heteroatoms. The van der Waals surface area contributed by atoms with E-state index in [1.54, 1.807) is 0 Å². The molecule has 0 unspecified atom stereocenters. The highest BCUT2D eigenvalue weighted by atomic mass is 32.2. The van der Waals surface area contributed by atoms with Crippen molar-refractivity contribution in [2.75, 3.05) is 0 Å². The van der Waals surface area contributed by atoms with E-state index >= 15 is 0 Å². The fraction of sp³-hybridized carbons (Fsp3) is 0. The van der Waals surface area contributed by atoms with Gasteiger partial charge in [-0.3, -0.25) is 13.7 Å². The number of aromatic hydroxyl groups is 2. The number of hydrogen-bond acceptors (Lipinski definition) is 17. The van der Waals surface area contributed by atoms with Crippen LogP contribution in [-0.2, 0) is 30.4 Å². The molecule has 0 atom stereocenters. The van der Waals surface area contributed by atoms with Crippen molar-refractivity contribution in [3.8, 4) is 11.5 Å². The van der Waals surface area contributed by atoms with Gasteiger partial charge in [-0.2, -0.15) is 45.7 Å². The lowest BCUT2D eigenvalue weighted by atomic mass is 10.1. The fourth-order valence-electron chi connectivity index (χ4n) is 5.29. The van der Waals surface area contributed by atoms with E-state index in [4.69, 9.17) is 5.11 Å². The summed E-state index contributed by atoms with van der Waals surface area (Å²) in [7, 11) is -14.5. The van der Waals surface area contributed by atoms with Crippen LogP contribution in [0, 0.1) is 5.21 Å². The van der Waals surface area contributed by atoms with Crippen LogP contribution >= 0.6 is 0 Å². The van der Waals surface area contributed by atoms with E-state index in [0.717, 1.165) is 54.6 Å². The van der Waals surface area contributed by atoms with Crippen molar-refractivity contribution in [2.24, 2.45) is 35.8 Å². The van der Waals surface area contributed by atoms with E-state index in [1.807, 2.05) is 0 Å². The van der Waals surface area contributed by atoms with Crippen molar-refractivity contribution in [1.82, 2.24) is 0 Å². The van der Waals surface area contributed by atoms with Gasteiger partial charge in [-0.05, 0) is 108 Å². The first-order chi connectivity index (χ1) is 30.1. The van der Waals surface area contributed by atoms with Crippen LogP contribution in [0.15, 0.2) is 172 Å². The molecule has 6 aromatic carbocycles. The summed E-state index contributed by atoms with van der Waals surface area (Å²) in [5.41, 5.74) is -0.280. The van der Waals surface area contributed by atoms with Crippen LogP contribution in [0.1, 0.15) is 21.5 Å². The highest BCUT2D eigenvalue weighted by Gasteiger charge is 2.20. The Morgan fingerprint density at radius 1 is 0.500 bits per heavy atom. The van der Waals surface area contributed by atoms with E-state index in [1.165, 1.54) is 78.9 Å². The number of phenols is 2. The molecule has 0 spiro atoms. The number of benzene rings is 6. The maximum atomic E-state index is 12.9. The van der Waals surface area contributed by atoms with Crippen LogP contribution in [-0.4, -0.2) is 65.1 Å². The van der Waals surface area contributed by atoms with Crippen LogP contribution in [0.2, 0.25) is 0 Å². The first kappa shape index (κ1) is 45.6. The second-order valence-electron chi connectivity index (χ2n) is 12.9. The summed E-state index contributed by atoms with van der Waals surface area (Å²) in [5, 5.41) is 69.6. The molecule has 0 aliphatic carbocycles. The Kier molecular flexibility index (Phi) is 13.2. The molecule has 0 amide bonds. The molecule has 0 aliphatic heterocycles. The Balaban J connectivity index is 1.18. The van der Waals surface area contributed by atoms with Crippen molar-refractivity contribution < 1.29 is 63.9 Å². The Morgan fingerprint density at radius 2 is 0.984 bits per heavy atom. The third kappa shape index (κ3) is 11.7. The lowest BCUT2D eigenvalue weighted by Crippen LogP contribution is -2.03. The number of carbonyl (C=O) groups is 1. The van der Waals surface area contributed by atoms with Gasteiger partial charge in [0, 0.05) is 23.3 Å². The highest BCUT2D eigenvalue weighted by Crippen LogP contribution is 2.36. The lowest BCUT2D eigenvalue weighted by molar-refractivity contribution is -0.435. The Hall–Kier alpha value is -7.94. The Bertz CT molecular complexity index is 3310. The zero-order chi connectivity index (χ0) is 46.4. The van der Waals surface area contributed by atoms with Crippen molar-refractivity contribution in [3.63, 3.8) is 0 Å². The predicted octanol–water partition coefficient (Wildman–Crippen LogP) is 9.88. The summed E-state index contributed by atoms with van der Waals surface area (Å²) < 4.78 is 102. The monoisotopic (exact) mass is 928 g/mol. The van der Waals surface area contributed by atoms with Gasteiger partial charge in [0.2, 0.25) is 5.69 Å². The number of nitrogens with zero attached hydrogens (tertiary/aromatic N) is 8. The minimum atomic E-state index is -4.99. The van der Waals surface area contributed by atoms with Gasteiger partial charge in [-0.15, -0.1) is 10.2 Å². The van der Waals surface area contributed by atoms with Crippen molar-refractivity contribution in [3.05, 3.63) is 143 Å². The minimum absolute atomic E-state index is 0.0247. The van der Waals surface area contributed by atoms with E-state index in [9.17, 15) is 59.1 Å². The molecule has 0 radical (unpaired) electrons. The van der Waals surface area contributed by atoms with Crippen molar-refractivity contribution in [1.29, 1.82) is 0 Å². The Labute approximate surface area is 361 Å². The smallest absolute Gasteiger partial charge is 0.335 e. The van der Waals surface area contributed by atoms with Gasteiger partial charge in [0.05, 0.1) is 33.2 Å². The second kappa shape index (κ2) is 18.6. The normalized spacial score (nSPS) is 12.8. The van der Waals surface area contributed by atoms with E-state index in [-0.39, 0.29) is 55.7 Å². The van der Waals surface area contributed by atoms with Crippen molar-refractivity contribution in [2.45, 2.75) is 14.7 Å². The fourth-order valence-corrected chi connectivity index (χ4v) is 7.20. The highest BCUT2D eigenvalue weighted by molar-refractivity contribution is 7.86.